The molecule has 0 aliphatic heterocycles. The van der Waals surface area contributed by atoms with E-state index in [1.807, 2.05) is 6.07 Å². The lowest BCUT2D eigenvalue weighted by Gasteiger charge is -2.28. The predicted octanol–water partition coefficient (Wildman–Crippen LogP) is 4.68. The first-order valence-electron chi connectivity index (χ1n) is 10.2. The zero-order valence-corrected chi connectivity index (χ0v) is 18.4. The van der Waals surface area contributed by atoms with E-state index < -0.39 is 5.66 Å². The topological polar surface area (TPSA) is 89.3 Å². The number of phenols is 1. The third kappa shape index (κ3) is 6.62. The summed E-state index contributed by atoms with van der Waals surface area (Å²) in [6, 6.07) is 4.10. The first-order chi connectivity index (χ1) is 12.2. The Morgan fingerprint density at radius 1 is 1.00 bits per heavy atom. The number of hydrogen-bond acceptors (Lipinski definition) is 4. The molecule has 27 heavy (non-hydrogen) atoms. The Balaban J connectivity index is 3.08. The molecule has 154 valence electrons. The van der Waals surface area contributed by atoms with Crippen LogP contribution in [0.25, 0.3) is 0 Å². The van der Waals surface area contributed by atoms with Crippen molar-refractivity contribution in [3.63, 3.8) is 0 Å². The number of carbonyl (C=O) groups is 1. The fourth-order valence-corrected chi connectivity index (χ4v) is 3.18. The summed E-state index contributed by atoms with van der Waals surface area (Å²) in [4.78, 5) is 12.6. The van der Waals surface area contributed by atoms with E-state index in [4.69, 9.17) is 11.5 Å². The van der Waals surface area contributed by atoms with Crippen molar-refractivity contribution in [3.05, 3.63) is 28.8 Å². The number of benzene rings is 1. The Hall–Kier alpha value is -1.39. The van der Waals surface area contributed by atoms with Crippen LogP contribution in [-0.4, -0.2) is 16.6 Å². The van der Waals surface area contributed by atoms with Crippen LogP contribution >= 0.6 is 0 Å². The van der Waals surface area contributed by atoms with Crippen LogP contribution in [0.2, 0.25) is 0 Å². The monoisotopic (exact) mass is 376 g/mol. The molecule has 0 aliphatic rings. The van der Waals surface area contributed by atoms with E-state index in [-0.39, 0.29) is 28.8 Å². The van der Waals surface area contributed by atoms with Gasteiger partial charge in [0.25, 0.3) is 0 Å². The van der Waals surface area contributed by atoms with Crippen molar-refractivity contribution in [2.45, 2.75) is 103 Å². The predicted molar refractivity (Wildman–Crippen MR) is 114 cm³/mol. The van der Waals surface area contributed by atoms with Crippen molar-refractivity contribution in [3.8, 4) is 5.75 Å². The fraction of sp³-hybridized carbons (Fsp3) is 0.696. The molecule has 0 fully saturated rings. The number of aryl methyl sites for hydroxylation is 1. The summed E-state index contributed by atoms with van der Waals surface area (Å²) in [6.07, 6.45) is 4.13. The fourth-order valence-electron chi connectivity index (χ4n) is 3.18. The summed E-state index contributed by atoms with van der Waals surface area (Å²) >= 11 is 0. The highest BCUT2D eigenvalue weighted by molar-refractivity contribution is 5.87. The van der Waals surface area contributed by atoms with Crippen molar-refractivity contribution in [1.82, 2.24) is 0 Å². The summed E-state index contributed by atoms with van der Waals surface area (Å²) in [5.41, 5.74) is 13.5. The minimum Gasteiger partial charge on any atom is -0.507 e. The van der Waals surface area contributed by atoms with Crippen LogP contribution in [0, 0.1) is 0 Å². The van der Waals surface area contributed by atoms with Gasteiger partial charge in [0.1, 0.15) is 11.4 Å². The van der Waals surface area contributed by atoms with Crippen molar-refractivity contribution in [2.75, 3.05) is 0 Å². The molecule has 4 heteroatoms. The molecule has 0 aromatic heterocycles. The molecule has 5 N–H and O–H groups in total. The Kier molecular flexibility index (Phi) is 7.66. The number of rotatable bonds is 8. The van der Waals surface area contributed by atoms with E-state index >= 15 is 0 Å². The van der Waals surface area contributed by atoms with Crippen LogP contribution < -0.4 is 11.5 Å². The van der Waals surface area contributed by atoms with Gasteiger partial charge in [0, 0.05) is 6.42 Å². The molecule has 0 aliphatic carbocycles. The van der Waals surface area contributed by atoms with Crippen LogP contribution in [0.1, 0.15) is 97.3 Å². The van der Waals surface area contributed by atoms with E-state index in [1.165, 1.54) is 0 Å². The maximum absolute atomic E-state index is 12.6. The van der Waals surface area contributed by atoms with Crippen molar-refractivity contribution in [1.29, 1.82) is 0 Å². The molecule has 1 aromatic rings. The quantitative estimate of drug-likeness (QED) is 0.454. The number of unbranched alkanes of at least 4 members (excludes halogenated alkanes) is 2. The van der Waals surface area contributed by atoms with Gasteiger partial charge < -0.3 is 16.6 Å². The normalized spacial score (nSPS) is 13.1. The first-order valence-corrected chi connectivity index (χ1v) is 10.2. The molecule has 1 aromatic carbocycles. The highest BCUT2D eigenvalue weighted by Crippen LogP contribution is 2.38. The average molecular weight is 377 g/mol. The van der Waals surface area contributed by atoms with Crippen LogP contribution in [0.3, 0.4) is 0 Å². The lowest BCUT2D eigenvalue weighted by atomic mass is 9.78. The Morgan fingerprint density at radius 2 is 1.59 bits per heavy atom. The molecule has 0 saturated carbocycles. The number of carbonyl (C=O) groups excluding carboxylic acids is 1. The third-order valence-electron chi connectivity index (χ3n) is 5.20. The van der Waals surface area contributed by atoms with Crippen molar-refractivity contribution in [2.24, 2.45) is 11.5 Å². The van der Waals surface area contributed by atoms with E-state index in [2.05, 4.69) is 54.5 Å². The number of Topliss-reactive ketones (excluding diaryl/α,β-unsaturated/α-hetero) is 1. The molecule has 0 spiro atoms. The summed E-state index contributed by atoms with van der Waals surface area (Å²) in [5.74, 6) is 0.144. The lowest BCUT2D eigenvalue weighted by Crippen LogP contribution is -2.56. The van der Waals surface area contributed by atoms with Crippen LogP contribution in [-0.2, 0) is 22.0 Å². The molecule has 0 amide bonds. The lowest BCUT2D eigenvalue weighted by molar-refractivity contribution is -0.124. The number of aromatic hydroxyl groups is 1. The smallest absolute Gasteiger partial charge is 0.167 e. The SMILES string of the molecule is CCCCCC(N)(N)C(=O)CCc1cc(C(C)(C)C)cc(C(C)(C)C)c1O. The minimum absolute atomic E-state index is 0.0435. The number of hydrogen-bond donors (Lipinski definition) is 3. The summed E-state index contributed by atoms with van der Waals surface area (Å²) < 4.78 is 0. The van der Waals surface area contributed by atoms with Crippen molar-refractivity contribution >= 4 is 5.78 Å². The van der Waals surface area contributed by atoms with Gasteiger partial charge in [-0.05, 0) is 46.8 Å². The maximum atomic E-state index is 12.6. The second-order valence-electron chi connectivity index (χ2n) is 9.95. The van der Waals surface area contributed by atoms with Gasteiger partial charge in [-0.2, -0.15) is 0 Å². The molecule has 0 heterocycles. The third-order valence-corrected chi connectivity index (χ3v) is 5.20. The van der Waals surface area contributed by atoms with Crippen molar-refractivity contribution < 1.29 is 9.90 Å². The highest BCUT2D eigenvalue weighted by Gasteiger charge is 2.29. The molecule has 0 saturated heterocycles. The Labute approximate surface area is 165 Å². The van der Waals surface area contributed by atoms with Gasteiger partial charge in [-0.3, -0.25) is 4.79 Å². The molecule has 0 radical (unpaired) electrons. The number of phenolic OH excluding ortho intramolecular Hbond substituents is 1. The first kappa shape index (κ1) is 23.6. The molecule has 0 atom stereocenters. The van der Waals surface area contributed by atoms with E-state index in [1.54, 1.807) is 0 Å². The Morgan fingerprint density at radius 3 is 2.07 bits per heavy atom. The van der Waals surface area contributed by atoms with Gasteiger partial charge in [0.05, 0.1) is 0 Å². The van der Waals surface area contributed by atoms with Gasteiger partial charge >= 0.3 is 0 Å². The number of ketones is 1. The zero-order valence-electron chi connectivity index (χ0n) is 18.4. The van der Waals surface area contributed by atoms with Gasteiger partial charge in [-0.1, -0.05) is 73.4 Å². The van der Waals surface area contributed by atoms with Crippen LogP contribution in [0.15, 0.2) is 12.1 Å². The average Bonchev–Trinajstić information content (AvgIpc) is 2.51. The largest absolute Gasteiger partial charge is 0.507 e. The van der Waals surface area contributed by atoms with E-state index in [9.17, 15) is 9.90 Å². The molecule has 0 unspecified atom stereocenters. The van der Waals surface area contributed by atoms with E-state index in [0.717, 1.165) is 36.0 Å². The molecule has 0 bridgehead atoms. The highest BCUT2D eigenvalue weighted by atomic mass is 16.3. The maximum Gasteiger partial charge on any atom is 0.167 e. The molecular weight excluding hydrogens is 336 g/mol. The van der Waals surface area contributed by atoms with Gasteiger partial charge in [0.2, 0.25) is 0 Å². The van der Waals surface area contributed by atoms with Crippen LogP contribution in [0.5, 0.6) is 5.75 Å². The second kappa shape index (κ2) is 8.74. The van der Waals surface area contributed by atoms with Gasteiger partial charge in [-0.25, -0.2) is 0 Å². The minimum atomic E-state index is -1.28. The standard InChI is InChI=1S/C23H40N2O2/c1-8-9-10-13-23(24,25)19(26)12-11-16-14-17(21(2,3)4)15-18(20(16)27)22(5,6)7/h14-15,27H,8-13,24-25H2,1-7H3. The number of nitrogens with two attached hydrogens (primary N) is 2. The molecule has 1 rings (SSSR count). The van der Waals surface area contributed by atoms with E-state index in [0.29, 0.717) is 12.8 Å². The second-order valence-corrected chi connectivity index (χ2v) is 9.95. The summed E-state index contributed by atoms with van der Waals surface area (Å²) in [7, 11) is 0. The Bertz CT molecular complexity index is 650. The van der Waals surface area contributed by atoms with Gasteiger partial charge in [0.15, 0.2) is 5.78 Å². The molecular formula is C23H40N2O2. The summed E-state index contributed by atoms with van der Waals surface area (Å²) in [5, 5.41) is 10.8. The summed E-state index contributed by atoms with van der Waals surface area (Å²) in [6.45, 7) is 14.8. The zero-order chi connectivity index (χ0) is 21.0. The molecule has 4 nitrogen and oxygen atoms in total. The van der Waals surface area contributed by atoms with Gasteiger partial charge in [-0.15, -0.1) is 0 Å². The van der Waals surface area contributed by atoms with Crippen LogP contribution in [0.4, 0.5) is 0 Å².